The second-order valence-electron chi connectivity index (χ2n) is 7.13. The molecule has 1 fully saturated rings. The fourth-order valence-corrected chi connectivity index (χ4v) is 3.60. The third kappa shape index (κ3) is 3.49. The van der Waals surface area contributed by atoms with Gasteiger partial charge in [0.15, 0.2) is 0 Å². The lowest BCUT2D eigenvalue weighted by Gasteiger charge is -2.21. The average Bonchev–Trinajstić information content (AvgIpc) is 3.28. The molecule has 0 aliphatic carbocycles. The summed E-state index contributed by atoms with van der Waals surface area (Å²) < 4.78 is 0. The summed E-state index contributed by atoms with van der Waals surface area (Å²) in [6, 6.07) is 13.8. The van der Waals surface area contributed by atoms with Gasteiger partial charge in [-0.1, -0.05) is 24.3 Å². The summed E-state index contributed by atoms with van der Waals surface area (Å²) in [7, 11) is 0. The minimum Gasteiger partial charge on any atom is -0.361 e. The van der Waals surface area contributed by atoms with E-state index in [4.69, 9.17) is 5.26 Å². The number of nitrogens with one attached hydrogen (secondary N) is 3. The summed E-state index contributed by atoms with van der Waals surface area (Å²) >= 11 is 0. The lowest BCUT2D eigenvalue weighted by Crippen LogP contribution is -2.46. The number of hydrogen-bond donors (Lipinski definition) is 3. The largest absolute Gasteiger partial charge is 0.361 e. The molecule has 8 nitrogen and oxygen atoms in total. The maximum Gasteiger partial charge on any atom is 0.325 e. The van der Waals surface area contributed by atoms with Crippen LogP contribution in [0, 0.1) is 11.3 Å². The van der Waals surface area contributed by atoms with Crippen LogP contribution < -0.4 is 10.6 Å². The zero-order chi connectivity index (χ0) is 21.3. The van der Waals surface area contributed by atoms with Gasteiger partial charge in [-0.05, 0) is 36.8 Å². The van der Waals surface area contributed by atoms with Crippen LogP contribution in [0.3, 0.4) is 0 Å². The topological polar surface area (TPSA) is 118 Å². The van der Waals surface area contributed by atoms with Crippen molar-refractivity contribution in [2.24, 2.45) is 0 Å². The third-order valence-electron chi connectivity index (χ3n) is 5.18. The van der Waals surface area contributed by atoms with Crippen LogP contribution in [0.4, 0.5) is 10.5 Å². The monoisotopic (exact) mass is 401 g/mol. The summed E-state index contributed by atoms with van der Waals surface area (Å²) in [5.74, 6) is -0.958. The van der Waals surface area contributed by atoms with Crippen LogP contribution in [-0.4, -0.2) is 39.8 Å². The number of aromatic amines is 1. The summed E-state index contributed by atoms with van der Waals surface area (Å²) in [5.41, 5.74) is 2.69. The standard InChI is InChI=1S/C22H19N5O3/c1-13(20(28)25-16-6-4-5-14(9-16)11-23)27-21(29)19(26-22(27)30)10-15-12-24-18-8-3-2-7-17(15)18/h2-9,12-13,19,24H,10H2,1H3,(H,25,28)(H,26,30)/t13-,19-/m1/s1. The van der Waals surface area contributed by atoms with Crippen LogP contribution in [0.5, 0.6) is 0 Å². The van der Waals surface area contributed by atoms with Crippen molar-refractivity contribution in [3.8, 4) is 6.07 Å². The number of nitriles is 1. The average molecular weight is 401 g/mol. The number of para-hydroxylation sites is 1. The fourth-order valence-electron chi connectivity index (χ4n) is 3.60. The third-order valence-corrected chi connectivity index (χ3v) is 5.18. The van der Waals surface area contributed by atoms with Gasteiger partial charge in [0.2, 0.25) is 5.91 Å². The molecule has 0 saturated carbocycles. The number of fused-ring (bicyclic) bond motifs is 1. The Hall–Kier alpha value is -4.12. The van der Waals surface area contributed by atoms with Crippen LogP contribution in [0.2, 0.25) is 0 Å². The Morgan fingerprint density at radius 1 is 1.23 bits per heavy atom. The van der Waals surface area contributed by atoms with E-state index in [0.717, 1.165) is 21.4 Å². The Morgan fingerprint density at radius 2 is 2.03 bits per heavy atom. The van der Waals surface area contributed by atoms with Gasteiger partial charge < -0.3 is 15.6 Å². The van der Waals surface area contributed by atoms with Crippen LogP contribution in [-0.2, 0) is 16.0 Å². The van der Waals surface area contributed by atoms with E-state index in [9.17, 15) is 14.4 Å². The van der Waals surface area contributed by atoms with Gasteiger partial charge in [0.25, 0.3) is 5.91 Å². The second kappa shape index (κ2) is 7.72. The summed E-state index contributed by atoms with van der Waals surface area (Å²) in [6.07, 6.45) is 2.15. The van der Waals surface area contributed by atoms with Crippen LogP contribution >= 0.6 is 0 Å². The summed E-state index contributed by atoms with van der Waals surface area (Å²) in [4.78, 5) is 42.1. The number of benzene rings is 2. The van der Waals surface area contributed by atoms with Crippen molar-refractivity contribution in [2.75, 3.05) is 5.32 Å². The van der Waals surface area contributed by atoms with Crippen molar-refractivity contribution in [3.05, 3.63) is 65.9 Å². The first-order valence-electron chi connectivity index (χ1n) is 9.47. The minimum atomic E-state index is -1.00. The predicted octanol–water partition coefficient (Wildman–Crippen LogP) is 2.53. The first kappa shape index (κ1) is 19.2. The van der Waals surface area contributed by atoms with Gasteiger partial charge in [0.05, 0.1) is 11.6 Å². The summed E-state index contributed by atoms with van der Waals surface area (Å²) in [6.45, 7) is 1.50. The molecule has 1 aromatic heterocycles. The molecule has 30 heavy (non-hydrogen) atoms. The fraction of sp³-hybridized carbons (Fsp3) is 0.182. The lowest BCUT2D eigenvalue weighted by molar-refractivity contribution is -0.133. The maximum absolute atomic E-state index is 12.9. The molecule has 1 aliphatic heterocycles. The van der Waals surface area contributed by atoms with Crippen molar-refractivity contribution in [3.63, 3.8) is 0 Å². The number of amides is 4. The molecular formula is C22H19N5O3. The Kier molecular flexibility index (Phi) is 4.94. The molecule has 1 aliphatic rings. The first-order chi connectivity index (χ1) is 14.5. The molecule has 2 heterocycles. The van der Waals surface area contributed by atoms with E-state index in [1.807, 2.05) is 36.5 Å². The van der Waals surface area contributed by atoms with Crippen molar-refractivity contribution < 1.29 is 14.4 Å². The van der Waals surface area contributed by atoms with E-state index >= 15 is 0 Å². The number of imide groups is 1. The molecule has 0 spiro atoms. The Bertz CT molecular complexity index is 1190. The predicted molar refractivity (Wildman–Crippen MR) is 110 cm³/mol. The Labute approximate surface area is 172 Å². The molecule has 0 unspecified atom stereocenters. The second-order valence-corrected chi connectivity index (χ2v) is 7.13. The van der Waals surface area contributed by atoms with Gasteiger partial charge in [-0.2, -0.15) is 5.26 Å². The highest BCUT2D eigenvalue weighted by Gasteiger charge is 2.43. The number of aromatic nitrogens is 1. The number of hydrogen-bond acceptors (Lipinski definition) is 4. The highest BCUT2D eigenvalue weighted by molar-refractivity contribution is 6.09. The number of anilines is 1. The van der Waals surface area contributed by atoms with E-state index in [1.165, 1.54) is 13.0 Å². The van der Waals surface area contributed by atoms with E-state index in [1.54, 1.807) is 18.2 Å². The molecule has 1 saturated heterocycles. The van der Waals surface area contributed by atoms with Crippen LogP contribution in [0.1, 0.15) is 18.1 Å². The molecule has 150 valence electrons. The number of H-pyrrole nitrogens is 1. The number of nitrogens with zero attached hydrogens (tertiary/aromatic N) is 2. The normalized spacial score (nSPS) is 16.9. The van der Waals surface area contributed by atoms with E-state index < -0.39 is 29.9 Å². The molecule has 4 amide bonds. The zero-order valence-electron chi connectivity index (χ0n) is 16.2. The molecule has 8 heteroatoms. The lowest BCUT2D eigenvalue weighted by atomic mass is 10.0. The van der Waals surface area contributed by atoms with Crippen molar-refractivity contribution in [1.82, 2.24) is 15.2 Å². The molecule has 0 radical (unpaired) electrons. The number of carbonyl (C=O) groups excluding carboxylic acids is 3. The van der Waals surface area contributed by atoms with Crippen LogP contribution in [0.25, 0.3) is 10.9 Å². The van der Waals surface area contributed by atoms with Crippen LogP contribution in [0.15, 0.2) is 54.7 Å². The van der Waals surface area contributed by atoms with Gasteiger partial charge in [-0.3, -0.25) is 14.5 Å². The zero-order valence-corrected chi connectivity index (χ0v) is 16.2. The maximum atomic E-state index is 12.9. The van der Waals surface area contributed by atoms with Gasteiger partial charge in [0, 0.05) is 29.2 Å². The SMILES string of the molecule is C[C@H](C(=O)Nc1cccc(C#N)c1)N1C(=O)N[C@H](Cc2c[nH]c3ccccc23)C1=O. The molecule has 2 atom stereocenters. The van der Waals surface area contributed by atoms with E-state index in [0.29, 0.717) is 17.7 Å². The highest BCUT2D eigenvalue weighted by atomic mass is 16.2. The van der Waals surface area contributed by atoms with Crippen molar-refractivity contribution in [1.29, 1.82) is 5.26 Å². The molecule has 4 rings (SSSR count). The van der Waals surface area contributed by atoms with Crippen molar-refractivity contribution in [2.45, 2.75) is 25.4 Å². The minimum absolute atomic E-state index is 0.323. The molecule has 2 aromatic carbocycles. The first-order valence-corrected chi connectivity index (χ1v) is 9.47. The molecular weight excluding hydrogens is 382 g/mol. The molecule has 3 aromatic rings. The Balaban J connectivity index is 1.47. The summed E-state index contributed by atoms with van der Waals surface area (Å²) in [5, 5.41) is 15.3. The number of urea groups is 1. The van der Waals surface area contributed by atoms with Crippen molar-refractivity contribution >= 4 is 34.4 Å². The molecule has 3 N–H and O–H groups in total. The van der Waals surface area contributed by atoms with E-state index in [2.05, 4.69) is 15.6 Å². The van der Waals surface area contributed by atoms with Gasteiger partial charge in [0.1, 0.15) is 12.1 Å². The highest BCUT2D eigenvalue weighted by Crippen LogP contribution is 2.22. The quantitative estimate of drug-likeness (QED) is 0.569. The van der Waals surface area contributed by atoms with Gasteiger partial charge >= 0.3 is 6.03 Å². The van der Waals surface area contributed by atoms with Gasteiger partial charge in [-0.15, -0.1) is 0 Å². The molecule has 0 bridgehead atoms. The smallest absolute Gasteiger partial charge is 0.325 e. The Morgan fingerprint density at radius 3 is 2.83 bits per heavy atom. The van der Waals surface area contributed by atoms with E-state index in [-0.39, 0.29) is 0 Å². The number of rotatable bonds is 5. The van der Waals surface area contributed by atoms with Gasteiger partial charge in [-0.25, -0.2) is 4.79 Å². The number of carbonyl (C=O) groups is 3.